The normalized spacial score (nSPS) is 21.8. The van der Waals surface area contributed by atoms with Crippen molar-refractivity contribution in [3.63, 3.8) is 0 Å². The summed E-state index contributed by atoms with van der Waals surface area (Å²) in [6, 6.07) is 6.90. The van der Waals surface area contributed by atoms with Crippen molar-refractivity contribution in [2.24, 2.45) is 0 Å². The Morgan fingerprint density at radius 3 is 2.29 bits per heavy atom. The predicted octanol–water partition coefficient (Wildman–Crippen LogP) is 2.83. The van der Waals surface area contributed by atoms with Gasteiger partial charge in [-0.2, -0.15) is 0 Å². The highest BCUT2D eigenvalue weighted by Gasteiger charge is 2.46. The number of benzene rings is 1. The van der Waals surface area contributed by atoms with Crippen LogP contribution >= 0.6 is 0 Å². The Morgan fingerprint density at radius 2 is 1.71 bits per heavy atom. The molecule has 172 valence electrons. The van der Waals surface area contributed by atoms with Crippen molar-refractivity contribution in [2.75, 3.05) is 46.4 Å². The molecular formula is C23H35N3O5. The van der Waals surface area contributed by atoms with E-state index in [4.69, 9.17) is 14.2 Å². The SMILES string of the molecule is CN1CCN(C(=O)c2ccc(OC[C@H]3COC(C)(C)N3C(=O)OC(C)(C)C)cc2)CC1. The lowest BCUT2D eigenvalue weighted by Crippen LogP contribution is -2.51. The van der Waals surface area contributed by atoms with E-state index in [2.05, 4.69) is 11.9 Å². The van der Waals surface area contributed by atoms with E-state index in [0.29, 0.717) is 17.9 Å². The van der Waals surface area contributed by atoms with Gasteiger partial charge >= 0.3 is 6.09 Å². The molecule has 0 saturated carbocycles. The Kier molecular flexibility index (Phi) is 6.81. The molecule has 3 rings (SSSR count). The first-order valence-electron chi connectivity index (χ1n) is 10.8. The van der Waals surface area contributed by atoms with E-state index in [0.717, 1.165) is 26.2 Å². The lowest BCUT2D eigenvalue weighted by atomic mass is 10.1. The van der Waals surface area contributed by atoms with Crippen LogP contribution in [0.1, 0.15) is 45.0 Å². The number of hydrogen-bond acceptors (Lipinski definition) is 6. The van der Waals surface area contributed by atoms with Crippen LogP contribution in [0.3, 0.4) is 0 Å². The van der Waals surface area contributed by atoms with Crippen LogP contribution in [0.5, 0.6) is 5.75 Å². The lowest BCUT2D eigenvalue weighted by molar-refractivity contribution is -0.0637. The Labute approximate surface area is 185 Å². The quantitative estimate of drug-likeness (QED) is 0.727. The van der Waals surface area contributed by atoms with Gasteiger partial charge in [0, 0.05) is 31.7 Å². The number of carbonyl (C=O) groups is 2. The summed E-state index contributed by atoms with van der Waals surface area (Å²) in [4.78, 5) is 31.1. The van der Waals surface area contributed by atoms with Gasteiger partial charge in [0.1, 0.15) is 23.7 Å². The van der Waals surface area contributed by atoms with Crippen LogP contribution in [0.2, 0.25) is 0 Å². The van der Waals surface area contributed by atoms with Gasteiger partial charge in [-0.1, -0.05) is 0 Å². The highest BCUT2D eigenvalue weighted by Crippen LogP contribution is 2.30. The largest absolute Gasteiger partial charge is 0.491 e. The summed E-state index contributed by atoms with van der Waals surface area (Å²) in [5.74, 6) is 0.686. The first kappa shape index (κ1) is 23.3. The second-order valence-electron chi connectivity index (χ2n) is 9.69. The number of likely N-dealkylation sites (N-methyl/N-ethyl adjacent to an activating group) is 1. The average Bonchev–Trinajstić information content (AvgIpc) is 3.00. The Morgan fingerprint density at radius 1 is 1.10 bits per heavy atom. The number of nitrogens with zero attached hydrogens (tertiary/aromatic N) is 3. The van der Waals surface area contributed by atoms with Gasteiger partial charge in [-0.25, -0.2) is 4.79 Å². The molecule has 2 fully saturated rings. The van der Waals surface area contributed by atoms with E-state index in [-0.39, 0.29) is 18.6 Å². The molecule has 1 atom stereocenters. The van der Waals surface area contributed by atoms with Crippen molar-refractivity contribution in [3.8, 4) is 5.75 Å². The van der Waals surface area contributed by atoms with Gasteiger partial charge in [0.2, 0.25) is 0 Å². The third kappa shape index (κ3) is 5.89. The molecule has 8 heteroatoms. The summed E-state index contributed by atoms with van der Waals surface area (Å²) < 4.78 is 17.3. The summed E-state index contributed by atoms with van der Waals surface area (Å²) >= 11 is 0. The fourth-order valence-corrected chi connectivity index (χ4v) is 3.76. The lowest BCUT2D eigenvalue weighted by Gasteiger charge is -2.35. The fourth-order valence-electron chi connectivity index (χ4n) is 3.76. The molecule has 8 nitrogen and oxygen atoms in total. The molecule has 0 radical (unpaired) electrons. The van der Waals surface area contributed by atoms with E-state index in [9.17, 15) is 9.59 Å². The molecular weight excluding hydrogens is 398 g/mol. The van der Waals surface area contributed by atoms with Crippen LogP contribution in [0.15, 0.2) is 24.3 Å². The molecule has 2 aliphatic rings. The van der Waals surface area contributed by atoms with Crippen molar-refractivity contribution < 1.29 is 23.8 Å². The maximum atomic E-state index is 12.7. The molecule has 2 heterocycles. The van der Waals surface area contributed by atoms with E-state index in [1.54, 1.807) is 29.2 Å². The van der Waals surface area contributed by atoms with Gasteiger partial charge in [0.15, 0.2) is 0 Å². The number of hydrogen-bond donors (Lipinski definition) is 0. The molecule has 0 N–H and O–H groups in total. The van der Waals surface area contributed by atoms with E-state index < -0.39 is 17.4 Å². The third-order valence-corrected chi connectivity index (χ3v) is 5.50. The Hall–Kier alpha value is -2.32. The maximum Gasteiger partial charge on any atom is 0.413 e. The van der Waals surface area contributed by atoms with Gasteiger partial charge in [-0.3, -0.25) is 9.69 Å². The molecule has 1 aromatic rings. The zero-order valence-electron chi connectivity index (χ0n) is 19.5. The molecule has 0 spiro atoms. The summed E-state index contributed by atoms with van der Waals surface area (Å²) in [5.41, 5.74) is -0.708. The minimum Gasteiger partial charge on any atom is -0.491 e. The number of amides is 2. The van der Waals surface area contributed by atoms with Gasteiger partial charge < -0.3 is 24.0 Å². The van der Waals surface area contributed by atoms with Gasteiger partial charge in [-0.15, -0.1) is 0 Å². The molecule has 31 heavy (non-hydrogen) atoms. The van der Waals surface area contributed by atoms with Crippen LogP contribution in [-0.2, 0) is 9.47 Å². The van der Waals surface area contributed by atoms with Crippen LogP contribution in [0.25, 0.3) is 0 Å². The molecule has 0 aromatic heterocycles. The second-order valence-corrected chi connectivity index (χ2v) is 9.69. The summed E-state index contributed by atoms with van der Waals surface area (Å²) in [6.07, 6.45) is -0.420. The van der Waals surface area contributed by atoms with Crippen LogP contribution in [-0.4, -0.2) is 90.5 Å². The summed E-state index contributed by atoms with van der Waals surface area (Å²) in [7, 11) is 2.06. The van der Waals surface area contributed by atoms with Crippen molar-refractivity contribution in [1.82, 2.24) is 14.7 Å². The van der Waals surface area contributed by atoms with Gasteiger partial charge in [0.05, 0.1) is 12.6 Å². The number of ether oxygens (including phenoxy) is 3. The molecule has 0 aliphatic carbocycles. The monoisotopic (exact) mass is 433 g/mol. The van der Waals surface area contributed by atoms with Crippen LogP contribution < -0.4 is 4.74 Å². The van der Waals surface area contributed by atoms with E-state index >= 15 is 0 Å². The number of rotatable bonds is 4. The van der Waals surface area contributed by atoms with Crippen LogP contribution in [0, 0.1) is 0 Å². The molecule has 2 amide bonds. The summed E-state index contributed by atoms with van der Waals surface area (Å²) in [6.45, 7) is 13.1. The Bertz CT molecular complexity index is 779. The summed E-state index contributed by atoms with van der Waals surface area (Å²) in [5, 5.41) is 0. The highest BCUT2D eigenvalue weighted by molar-refractivity contribution is 5.94. The second kappa shape index (κ2) is 9.04. The fraction of sp³-hybridized carbons (Fsp3) is 0.652. The molecule has 0 unspecified atom stereocenters. The van der Waals surface area contributed by atoms with Gasteiger partial charge in [-0.05, 0) is 65.9 Å². The van der Waals surface area contributed by atoms with E-state index in [1.807, 2.05) is 39.5 Å². The third-order valence-electron chi connectivity index (χ3n) is 5.50. The molecule has 0 bridgehead atoms. The first-order chi connectivity index (χ1) is 14.5. The van der Waals surface area contributed by atoms with Crippen molar-refractivity contribution in [1.29, 1.82) is 0 Å². The smallest absolute Gasteiger partial charge is 0.413 e. The van der Waals surface area contributed by atoms with Gasteiger partial charge in [0.25, 0.3) is 5.91 Å². The number of piperazine rings is 1. The molecule has 2 saturated heterocycles. The van der Waals surface area contributed by atoms with E-state index in [1.165, 1.54) is 0 Å². The average molecular weight is 434 g/mol. The van der Waals surface area contributed by atoms with Crippen molar-refractivity contribution >= 4 is 12.0 Å². The highest BCUT2D eigenvalue weighted by atomic mass is 16.6. The molecule has 2 aliphatic heterocycles. The van der Waals surface area contributed by atoms with Crippen molar-refractivity contribution in [3.05, 3.63) is 29.8 Å². The zero-order valence-corrected chi connectivity index (χ0v) is 19.5. The van der Waals surface area contributed by atoms with Crippen LogP contribution in [0.4, 0.5) is 4.79 Å². The first-order valence-corrected chi connectivity index (χ1v) is 10.8. The Balaban J connectivity index is 1.59. The standard InChI is InChI=1S/C23H35N3O5/c1-22(2,3)31-21(28)26-18(16-30-23(26,4)5)15-29-19-9-7-17(8-10-19)20(27)25-13-11-24(6)12-14-25/h7-10,18H,11-16H2,1-6H3/t18-/m0/s1. The number of carbonyl (C=O) groups excluding carboxylic acids is 2. The molecule has 1 aromatic carbocycles. The van der Waals surface area contributed by atoms with Crippen molar-refractivity contribution in [2.45, 2.75) is 52.0 Å². The minimum atomic E-state index is -0.769. The topological polar surface area (TPSA) is 71.6 Å². The minimum absolute atomic E-state index is 0.0432. The predicted molar refractivity (Wildman–Crippen MR) is 117 cm³/mol. The maximum absolute atomic E-state index is 12.7. The zero-order chi connectivity index (χ0) is 22.8.